The third-order valence-corrected chi connectivity index (χ3v) is 3.18. The summed E-state index contributed by atoms with van der Waals surface area (Å²) in [6.45, 7) is 3.61. The van der Waals surface area contributed by atoms with E-state index in [9.17, 15) is 8.78 Å². The summed E-state index contributed by atoms with van der Waals surface area (Å²) in [5, 5.41) is 7.21. The van der Waals surface area contributed by atoms with E-state index in [4.69, 9.17) is 0 Å². The van der Waals surface area contributed by atoms with Crippen LogP contribution in [-0.4, -0.2) is 16.1 Å². The van der Waals surface area contributed by atoms with Gasteiger partial charge in [-0.2, -0.15) is 0 Å². The Bertz CT molecular complexity index is 528. The van der Waals surface area contributed by atoms with Crippen molar-refractivity contribution in [2.45, 2.75) is 19.9 Å². The minimum Gasteiger partial charge on any atom is -0.312 e. The average molecular weight is 269 g/mol. The molecule has 18 heavy (non-hydrogen) atoms. The van der Waals surface area contributed by atoms with Crippen molar-refractivity contribution in [3.8, 4) is 11.3 Å². The molecule has 96 valence electrons. The molecule has 3 nitrogen and oxygen atoms in total. The summed E-state index contributed by atoms with van der Waals surface area (Å²) in [6.07, 6.45) is 1.03. The highest BCUT2D eigenvalue weighted by Crippen LogP contribution is 2.25. The van der Waals surface area contributed by atoms with Gasteiger partial charge in [0.05, 0.1) is 4.88 Å². The Morgan fingerprint density at radius 3 is 2.83 bits per heavy atom. The molecule has 1 aromatic carbocycles. The molecule has 0 aliphatic rings. The summed E-state index contributed by atoms with van der Waals surface area (Å²) in [5.41, 5.74) is 1.17. The monoisotopic (exact) mass is 269 g/mol. The predicted octanol–water partition coefficient (Wildman–Crippen LogP) is 2.98. The summed E-state index contributed by atoms with van der Waals surface area (Å²) >= 11 is 1.27. The Labute approximate surface area is 108 Å². The highest BCUT2D eigenvalue weighted by Gasteiger charge is 2.12. The van der Waals surface area contributed by atoms with Crippen molar-refractivity contribution in [2.75, 3.05) is 6.54 Å². The second-order valence-corrected chi connectivity index (χ2v) is 4.69. The van der Waals surface area contributed by atoms with Crippen LogP contribution in [0.5, 0.6) is 0 Å². The van der Waals surface area contributed by atoms with E-state index in [0.29, 0.717) is 17.8 Å². The van der Waals surface area contributed by atoms with Crippen molar-refractivity contribution >= 4 is 11.5 Å². The molecule has 0 atom stereocenters. The van der Waals surface area contributed by atoms with E-state index >= 15 is 0 Å². The molecule has 6 heteroatoms. The fourth-order valence-corrected chi connectivity index (χ4v) is 2.20. The number of rotatable bonds is 5. The van der Waals surface area contributed by atoms with Gasteiger partial charge in [0.2, 0.25) is 0 Å². The Hall–Kier alpha value is -1.40. The molecule has 0 fully saturated rings. The number of benzene rings is 1. The van der Waals surface area contributed by atoms with Gasteiger partial charge in [-0.1, -0.05) is 11.4 Å². The molecular formula is C12H13F2N3S. The first-order valence-electron chi connectivity index (χ1n) is 5.69. The Balaban J connectivity index is 2.22. The Morgan fingerprint density at radius 2 is 2.11 bits per heavy atom. The third-order valence-electron chi connectivity index (χ3n) is 2.46. The van der Waals surface area contributed by atoms with Crippen LogP contribution in [0.1, 0.15) is 18.2 Å². The van der Waals surface area contributed by atoms with Gasteiger partial charge in [0.1, 0.15) is 5.69 Å². The first kappa shape index (κ1) is 13.0. The molecule has 0 radical (unpaired) electrons. The average Bonchev–Trinajstić information content (AvgIpc) is 2.81. The number of hydrogen-bond acceptors (Lipinski definition) is 4. The normalized spacial score (nSPS) is 10.8. The molecule has 0 spiro atoms. The molecule has 0 saturated heterocycles. The van der Waals surface area contributed by atoms with E-state index in [-0.39, 0.29) is 0 Å². The summed E-state index contributed by atoms with van der Waals surface area (Å²) in [7, 11) is 0. The second kappa shape index (κ2) is 5.97. The number of nitrogens with one attached hydrogen (secondary N) is 1. The van der Waals surface area contributed by atoms with Gasteiger partial charge in [-0.25, -0.2) is 8.78 Å². The van der Waals surface area contributed by atoms with Gasteiger partial charge >= 0.3 is 0 Å². The zero-order chi connectivity index (χ0) is 13.0. The molecule has 0 saturated carbocycles. The highest BCUT2D eigenvalue weighted by molar-refractivity contribution is 7.05. The quantitative estimate of drug-likeness (QED) is 0.848. The molecule has 0 amide bonds. The maximum atomic E-state index is 13.2. The van der Waals surface area contributed by atoms with Crippen LogP contribution < -0.4 is 5.32 Å². The first-order valence-corrected chi connectivity index (χ1v) is 6.47. The van der Waals surface area contributed by atoms with Crippen LogP contribution in [0.25, 0.3) is 11.3 Å². The van der Waals surface area contributed by atoms with Crippen molar-refractivity contribution in [1.82, 2.24) is 14.9 Å². The van der Waals surface area contributed by atoms with Gasteiger partial charge < -0.3 is 5.32 Å². The van der Waals surface area contributed by atoms with E-state index in [1.165, 1.54) is 17.6 Å². The fraction of sp³-hybridized carbons (Fsp3) is 0.333. The number of nitrogens with zero attached hydrogens (tertiary/aromatic N) is 2. The van der Waals surface area contributed by atoms with Gasteiger partial charge in [0.15, 0.2) is 11.6 Å². The molecule has 0 aliphatic heterocycles. The number of hydrogen-bond donors (Lipinski definition) is 1. The lowest BCUT2D eigenvalue weighted by molar-refractivity contribution is 0.509. The molecule has 2 rings (SSSR count). The summed E-state index contributed by atoms with van der Waals surface area (Å²) < 4.78 is 29.9. The van der Waals surface area contributed by atoms with E-state index in [1.54, 1.807) is 0 Å². The topological polar surface area (TPSA) is 37.8 Å². The summed E-state index contributed by atoms with van der Waals surface area (Å²) in [5.74, 6) is -1.72. The molecule has 1 aromatic heterocycles. The van der Waals surface area contributed by atoms with Crippen molar-refractivity contribution < 1.29 is 8.78 Å². The molecule has 1 heterocycles. The van der Waals surface area contributed by atoms with Crippen molar-refractivity contribution in [1.29, 1.82) is 0 Å². The van der Waals surface area contributed by atoms with Gasteiger partial charge in [-0.15, -0.1) is 5.10 Å². The van der Waals surface area contributed by atoms with Crippen LogP contribution in [0.4, 0.5) is 8.78 Å². The zero-order valence-corrected chi connectivity index (χ0v) is 10.7. The van der Waals surface area contributed by atoms with E-state index in [2.05, 4.69) is 21.8 Å². The Morgan fingerprint density at radius 1 is 1.28 bits per heavy atom. The maximum Gasteiger partial charge on any atom is 0.159 e. The lowest BCUT2D eigenvalue weighted by atomic mass is 10.1. The molecule has 0 unspecified atom stereocenters. The summed E-state index contributed by atoms with van der Waals surface area (Å²) in [6, 6.07) is 3.76. The minimum atomic E-state index is -0.868. The Kier molecular flexibility index (Phi) is 4.33. The molecule has 0 bridgehead atoms. The molecule has 2 aromatic rings. The lowest BCUT2D eigenvalue weighted by Crippen LogP contribution is -2.13. The van der Waals surface area contributed by atoms with E-state index in [1.807, 2.05) is 0 Å². The van der Waals surface area contributed by atoms with Crippen LogP contribution in [0.3, 0.4) is 0 Å². The molecular weight excluding hydrogens is 256 g/mol. The zero-order valence-electron chi connectivity index (χ0n) is 9.91. The number of aromatic nitrogens is 2. The van der Waals surface area contributed by atoms with Gasteiger partial charge in [0, 0.05) is 12.1 Å². The van der Waals surface area contributed by atoms with Crippen LogP contribution in [-0.2, 0) is 6.54 Å². The predicted molar refractivity (Wildman–Crippen MR) is 67.3 cm³/mol. The van der Waals surface area contributed by atoms with Crippen LogP contribution >= 0.6 is 11.5 Å². The van der Waals surface area contributed by atoms with E-state index < -0.39 is 11.6 Å². The largest absolute Gasteiger partial charge is 0.312 e. The van der Waals surface area contributed by atoms with Gasteiger partial charge in [0.25, 0.3) is 0 Å². The lowest BCUT2D eigenvalue weighted by Gasteiger charge is -2.03. The summed E-state index contributed by atoms with van der Waals surface area (Å²) in [4.78, 5) is 0.925. The maximum absolute atomic E-state index is 13.2. The number of halogens is 2. The van der Waals surface area contributed by atoms with Crippen molar-refractivity contribution in [3.63, 3.8) is 0 Å². The standard InChI is InChI=1S/C12H13F2N3S/c1-2-5-15-7-11-12(16-17-18-11)8-3-4-9(13)10(14)6-8/h3-4,6,15H,2,5,7H2,1H3. The van der Waals surface area contributed by atoms with E-state index in [0.717, 1.165) is 30.0 Å². The highest BCUT2D eigenvalue weighted by atomic mass is 32.1. The van der Waals surface area contributed by atoms with Crippen LogP contribution in [0.2, 0.25) is 0 Å². The van der Waals surface area contributed by atoms with Gasteiger partial charge in [-0.05, 0) is 42.7 Å². The molecule has 0 aliphatic carbocycles. The fourth-order valence-electron chi connectivity index (χ4n) is 1.57. The smallest absolute Gasteiger partial charge is 0.159 e. The van der Waals surface area contributed by atoms with Crippen LogP contribution in [0, 0.1) is 11.6 Å². The SMILES string of the molecule is CCCNCc1snnc1-c1ccc(F)c(F)c1. The van der Waals surface area contributed by atoms with Gasteiger partial charge in [-0.3, -0.25) is 0 Å². The van der Waals surface area contributed by atoms with Crippen molar-refractivity contribution in [3.05, 3.63) is 34.7 Å². The van der Waals surface area contributed by atoms with Crippen LogP contribution in [0.15, 0.2) is 18.2 Å². The third kappa shape index (κ3) is 2.88. The molecule has 1 N–H and O–H groups in total. The first-order chi connectivity index (χ1) is 8.72. The minimum absolute atomic E-state index is 0.552. The van der Waals surface area contributed by atoms with Crippen molar-refractivity contribution in [2.24, 2.45) is 0 Å². The second-order valence-electron chi connectivity index (χ2n) is 3.85.